The third-order valence-electron chi connectivity index (χ3n) is 2.34. The summed E-state index contributed by atoms with van der Waals surface area (Å²) >= 11 is 1.18. The Morgan fingerprint density at radius 3 is 2.74 bits per heavy atom. The van der Waals surface area contributed by atoms with Crippen LogP contribution in [0.1, 0.15) is 26.2 Å². The van der Waals surface area contributed by atoms with E-state index in [0.29, 0.717) is 18.0 Å². The summed E-state index contributed by atoms with van der Waals surface area (Å²) in [6.07, 6.45) is 1.93. The fourth-order valence-corrected chi connectivity index (χ4v) is 1.95. The number of amides is 2. The number of hydrogen-bond acceptors (Lipinski definition) is 5. The van der Waals surface area contributed by atoms with Gasteiger partial charge in [0.25, 0.3) is 5.91 Å². The first-order valence-corrected chi connectivity index (χ1v) is 6.66. The maximum atomic E-state index is 11.8. The number of carboxylic acid groups (broad SMARTS) is 1. The van der Waals surface area contributed by atoms with Crippen molar-refractivity contribution >= 4 is 34.3 Å². The SMILES string of the molecule is CCCC[C@H](NC(=O)O)C(=O)C(=O)Nc1nccs1. The van der Waals surface area contributed by atoms with E-state index in [1.165, 1.54) is 17.5 Å². The average Bonchev–Trinajstić information content (AvgIpc) is 2.85. The monoisotopic (exact) mass is 285 g/mol. The minimum atomic E-state index is -1.32. The van der Waals surface area contributed by atoms with Gasteiger partial charge in [-0.1, -0.05) is 19.8 Å². The number of anilines is 1. The summed E-state index contributed by atoms with van der Waals surface area (Å²) in [6.45, 7) is 1.91. The van der Waals surface area contributed by atoms with E-state index in [-0.39, 0.29) is 0 Å². The van der Waals surface area contributed by atoms with E-state index in [1.54, 1.807) is 5.38 Å². The van der Waals surface area contributed by atoms with Gasteiger partial charge in [-0.25, -0.2) is 9.78 Å². The molecular weight excluding hydrogens is 270 g/mol. The standard InChI is InChI=1S/C11H15N3O4S/c1-2-3-4-7(13-11(17)18)8(15)9(16)14-10-12-5-6-19-10/h5-7,13H,2-4H2,1H3,(H,17,18)(H,12,14,16)/t7-/m0/s1. The lowest BCUT2D eigenvalue weighted by Gasteiger charge is -2.14. The van der Waals surface area contributed by atoms with Gasteiger partial charge in [-0.2, -0.15) is 0 Å². The molecule has 1 heterocycles. The van der Waals surface area contributed by atoms with Crippen molar-refractivity contribution < 1.29 is 19.5 Å². The number of Topliss-reactive ketones (excluding diaryl/α,β-unsaturated/α-hetero) is 1. The molecular formula is C11H15N3O4S. The number of hydrogen-bond donors (Lipinski definition) is 3. The second-order valence-electron chi connectivity index (χ2n) is 3.80. The van der Waals surface area contributed by atoms with Crippen LogP contribution >= 0.6 is 11.3 Å². The van der Waals surface area contributed by atoms with Gasteiger partial charge in [0.1, 0.15) is 6.04 Å². The van der Waals surface area contributed by atoms with Gasteiger partial charge in [-0.05, 0) is 6.42 Å². The third-order valence-corrected chi connectivity index (χ3v) is 3.03. The maximum absolute atomic E-state index is 11.8. The van der Waals surface area contributed by atoms with Crippen molar-refractivity contribution in [3.63, 3.8) is 0 Å². The van der Waals surface area contributed by atoms with Crippen LogP contribution in [-0.4, -0.2) is 33.9 Å². The van der Waals surface area contributed by atoms with Crippen molar-refractivity contribution in [3.8, 4) is 0 Å². The molecule has 1 atom stereocenters. The highest BCUT2D eigenvalue weighted by molar-refractivity contribution is 7.13. The molecule has 1 aromatic rings. The number of rotatable bonds is 7. The summed E-state index contributed by atoms with van der Waals surface area (Å²) in [5.41, 5.74) is 0. The Kier molecular flexibility index (Phi) is 5.94. The van der Waals surface area contributed by atoms with Crippen LogP contribution in [0.5, 0.6) is 0 Å². The molecule has 0 spiro atoms. The van der Waals surface area contributed by atoms with Crippen LogP contribution < -0.4 is 10.6 Å². The predicted molar refractivity (Wildman–Crippen MR) is 70.2 cm³/mol. The lowest BCUT2D eigenvalue weighted by molar-refractivity contribution is -0.136. The third kappa shape index (κ3) is 5.04. The molecule has 2 amide bonds. The number of unbranched alkanes of at least 4 members (excludes halogenated alkanes) is 1. The van der Waals surface area contributed by atoms with Crippen LogP contribution in [0, 0.1) is 0 Å². The molecule has 3 N–H and O–H groups in total. The van der Waals surface area contributed by atoms with Crippen LogP contribution in [0.2, 0.25) is 0 Å². The molecule has 0 saturated heterocycles. The Morgan fingerprint density at radius 2 is 2.21 bits per heavy atom. The highest BCUT2D eigenvalue weighted by Gasteiger charge is 2.26. The summed E-state index contributed by atoms with van der Waals surface area (Å²) in [5.74, 6) is -1.66. The Hall–Kier alpha value is -1.96. The summed E-state index contributed by atoms with van der Waals surface area (Å²) in [5, 5.41) is 15.0. The van der Waals surface area contributed by atoms with E-state index < -0.39 is 23.8 Å². The molecule has 0 aliphatic rings. The first kappa shape index (κ1) is 15.1. The molecule has 0 bridgehead atoms. The molecule has 0 radical (unpaired) electrons. The van der Waals surface area contributed by atoms with Gasteiger partial charge in [0.05, 0.1) is 0 Å². The Labute approximate surface area is 114 Å². The molecule has 0 unspecified atom stereocenters. The second kappa shape index (κ2) is 7.47. The minimum Gasteiger partial charge on any atom is -0.465 e. The maximum Gasteiger partial charge on any atom is 0.405 e. The van der Waals surface area contributed by atoms with Crippen LogP contribution in [0.3, 0.4) is 0 Å². The topological polar surface area (TPSA) is 108 Å². The molecule has 19 heavy (non-hydrogen) atoms. The average molecular weight is 285 g/mol. The van der Waals surface area contributed by atoms with Gasteiger partial charge in [0.15, 0.2) is 5.13 Å². The first-order chi connectivity index (χ1) is 9.04. The number of carbonyl (C=O) groups is 3. The van der Waals surface area contributed by atoms with Crippen LogP contribution in [0.4, 0.5) is 9.93 Å². The van der Waals surface area contributed by atoms with Gasteiger partial charge in [-0.15, -0.1) is 11.3 Å². The number of carbonyl (C=O) groups excluding carboxylic acids is 2. The zero-order chi connectivity index (χ0) is 14.3. The molecule has 0 aliphatic carbocycles. The van der Waals surface area contributed by atoms with Crippen LogP contribution in [0.25, 0.3) is 0 Å². The van der Waals surface area contributed by atoms with E-state index in [9.17, 15) is 14.4 Å². The van der Waals surface area contributed by atoms with Crippen LogP contribution in [-0.2, 0) is 9.59 Å². The van der Waals surface area contributed by atoms with E-state index in [0.717, 1.165) is 6.42 Å². The molecule has 0 aliphatic heterocycles. The lowest BCUT2D eigenvalue weighted by atomic mass is 10.1. The van der Waals surface area contributed by atoms with Gasteiger partial charge in [0.2, 0.25) is 5.78 Å². The van der Waals surface area contributed by atoms with Gasteiger partial charge >= 0.3 is 6.09 Å². The van der Waals surface area contributed by atoms with Crippen molar-refractivity contribution in [2.45, 2.75) is 32.2 Å². The molecule has 104 valence electrons. The number of aromatic nitrogens is 1. The highest BCUT2D eigenvalue weighted by atomic mass is 32.1. The van der Waals surface area contributed by atoms with E-state index in [2.05, 4.69) is 15.6 Å². The second-order valence-corrected chi connectivity index (χ2v) is 4.69. The van der Waals surface area contributed by atoms with E-state index in [1.807, 2.05) is 6.92 Å². The van der Waals surface area contributed by atoms with E-state index >= 15 is 0 Å². The zero-order valence-electron chi connectivity index (χ0n) is 10.4. The predicted octanol–water partition coefficient (Wildman–Crippen LogP) is 1.48. The smallest absolute Gasteiger partial charge is 0.405 e. The summed E-state index contributed by atoms with van der Waals surface area (Å²) in [4.78, 5) is 37.9. The Balaban J connectivity index is 2.63. The van der Waals surface area contributed by atoms with Gasteiger partial charge in [0, 0.05) is 11.6 Å². The number of ketones is 1. The Morgan fingerprint density at radius 1 is 1.47 bits per heavy atom. The normalized spacial score (nSPS) is 11.6. The van der Waals surface area contributed by atoms with Gasteiger partial charge in [-0.3, -0.25) is 14.9 Å². The van der Waals surface area contributed by atoms with Crippen molar-refractivity contribution in [1.82, 2.24) is 10.3 Å². The van der Waals surface area contributed by atoms with Crippen molar-refractivity contribution in [2.24, 2.45) is 0 Å². The number of nitrogens with zero attached hydrogens (tertiary/aromatic N) is 1. The number of thiazole rings is 1. The Bertz CT molecular complexity index is 447. The highest BCUT2D eigenvalue weighted by Crippen LogP contribution is 2.11. The minimum absolute atomic E-state index is 0.299. The largest absolute Gasteiger partial charge is 0.465 e. The zero-order valence-corrected chi connectivity index (χ0v) is 11.2. The summed E-state index contributed by atoms with van der Waals surface area (Å²) < 4.78 is 0. The molecule has 1 aromatic heterocycles. The van der Waals surface area contributed by atoms with Crippen molar-refractivity contribution in [1.29, 1.82) is 0 Å². The summed E-state index contributed by atoms with van der Waals surface area (Å²) in [7, 11) is 0. The van der Waals surface area contributed by atoms with Crippen molar-refractivity contribution in [3.05, 3.63) is 11.6 Å². The van der Waals surface area contributed by atoms with Gasteiger partial charge < -0.3 is 10.4 Å². The number of nitrogens with one attached hydrogen (secondary N) is 2. The first-order valence-electron chi connectivity index (χ1n) is 5.78. The molecule has 0 saturated carbocycles. The molecule has 1 rings (SSSR count). The molecule has 8 heteroatoms. The van der Waals surface area contributed by atoms with E-state index in [4.69, 9.17) is 5.11 Å². The molecule has 0 fully saturated rings. The fraction of sp³-hybridized carbons (Fsp3) is 0.455. The molecule has 0 aromatic carbocycles. The summed E-state index contributed by atoms with van der Waals surface area (Å²) in [6, 6.07) is -1.02. The quantitative estimate of drug-likeness (QED) is 0.657. The van der Waals surface area contributed by atoms with Crippen molar-refractivity contribution in [2.75, 3.05) is 5.32 Å². The fourth-order valence-electron chi connectivity index (χ4n) is 1.43. The lowest BCUT2D eigenvalue weighted by Crippen LogP contribution is -2.45. The molecule has 7 nitrogen and oxygen atoms in total. The van der Waals surface area contributed by atoms with Crippen LogP contribution in [0.15, 0.2) is 11.6 Å².